The van der Waals surface area contributed by atoms with Gasteiger partial charge in [0.05, 0.1) is 6.04 Å². The standard InChI is InChI=1S/C40H38ClN3O3/c1-2-36(43-37-17-9-14-28-13-6-7-16-32(28)37)40(46)44-39(45)34-20-18-29(27-11-4-3-5-12-27)23-35(34)33-21-19-30(41)24-38(33)47-31-15-8-10-26(22-31)25-42/h3-8,10-13,15-16,18-24,36-37,43H,2,9,14,17,25,42H2,1H3,(H,44,45,46). The first kappa shape index (κ1) is 32.2. The fourth-order valence-corrected chi connectivity index (χ4v) is 6.42. The van der Waals surface area contributed by atoms with Crippen LogP contribution >= 0.6 is 11.6 Å². The minimum Gasteiger partial charge on any atom is -0.457 e. The van der Waals surface area contributed by atoms with Gasteiger partial charge in [-0.05, 0) is 95.5 Å². The Kier molecular flexibility index (Phi) is 10.1. The molecule has 2 unspecified atom stereocenters. The first-order chi connectivity index (χ1) is 22.9. The Morgan fingerprint density at radius 3 is 2.49 bits per heavy atom. The van der Waals surface area contributed by atoms with Crippen molar-refractivity contribution in [3.05, 3.63) is 143 Å². The molecule has 1 aliphatic rings. The second-order valence-electron chi connectivity index (χ2n) is 11.8. The van der Waals surface area contributed by atoms with Gasteiger partial charge in [0.15, 0.2) is 0 Å². The maximum atomic E-state index is 14.0. The lowest BCUT2D eigenvalue weighted by Gasteiger charge is -2.29. The van der Waals surface area contributed by atoms with E-state index in [9.17, 15) is 9.59 Å². The number of rotatable bonds is 10. The van der Waals surface area contributed by atoms with E-state index in [-0.39, 0.29) is 11.9 Å². The molecule has 2 atom stereocenters. The lowest BCUT2D eigenvalue weighted by atomic mass is 9.87. The van der Waals surface area contributed by atoms with Gasteiger partial charge < -0.3 is 10.5 Å². The van der Waals surface area contributed by atoms with Crippen LogP contribution in [0.25, 0.3) is 22.3 Å². The Balaban J connectivity index is 1.33. The number of nitrogens with one attached hydrogen (secondary N) is 2. The molecular formula is C40H38ClN3O3. The van der Waals surface area contributed by atoms with Crippen molar-refractivity contribution >= 4 is 23.4 Å². The van der Waals surface area contributed by atoms with Gasteiger partial charge >= 0.3 is 0 Å². The summed E-state index contributed by atoms with van der Waals surface area (Å²) in [4.78, 5) is 27.6. The van der Waals surface area contributed by atoms with Gasteiger partial charge in [-0.25, -0.2) is 0 Å². The molecular weight excluding hydrogens is 606 g/mol. The maximum absolute atomic E-state index is 14.0. The average Bonchev–Trinajstić information content (AvgIpc) is 3.11. The minimum absolute atomic E-state index is 0.0537. The number of ether oxygens (including phenoxy) is 1. The topological polar surface area (TPSA) is 93.5 Å². The van der Waals surface area contributed by atoms with E-state index in [1.54, 1.807) is 18.2 Å². The third-order valence-corrected chi connectivity index (χ3v) is 8.94. The normalized spacial score (nSPS) is 14.6. The smallest absolute Gasteiger partial charge is 0.258 e. The lowest BCUT2D eigenvalue weighted by Crippen LogP contribution is -2.47. The molecule has 4 N–H and O–H groups in total. The fraction of sp³-hybridized carbons (Fsp3) is 0.200. The second-order valence-corrected chi connectivity index (χ2v) is 12.2. The molecule has 2 amide bonds. The number of halogens is 1. The first-order valence-electron chi connectivity index (χ1n) is 16.1. The minimum atomic E-state index is -0.536. The van der Waals surface area contributed by atoms with Crippen LogP contribution in [0.1, 0.15) is 59.3 Å². The number of fused-ring (bicyclic) bond motifs is 1. The Morgan fingerprint density at radius 1 is 0.872 bits per heavy atom. The molecule has 0 saturated carbocycles. The highest BCUT2D eigenvalue weighted by molar-refractivity contribution is 6.30. The number of imide groups is 1. The summed E-state index contributed by atoms with van der Waals surface area (Å²) in [6.07, 6.45) is 3.55. The summed E-state index contributed by atoms with van der Waals surface area (Å²) in [6.45, 7) is 2.32. The van der Waals surface area contributed by atoms with Crippen molar-refractivity contribution in [2.45, 2.75) is 51.2 Å². The molecule has 1 aliphatic carbocycles. The molecule has 0 fully saturated rings. The van der Waals surface area contributed by atoms with Gasteiger partial charge in [-0.2, -0.15) is 0 Å². The summed E-state index contributed by atoms with van der Waals surface area (Å²) >= 11 is 6.46. The molecule has 47 heavy (non-hydrogen) atoms. The zero-order valence-corrected chi connectivity index (χ0v) is 27.1. The van der Waals surface area contributed by atoms with Crippen LogP contribution in [-0.2, 0) is 17.8 Å². The van der Waals surface area contributed by atoms with Gasteiger partial charge in [0, 0.05) is 34.8 Å². The van der Waals surface area contributed by atoms with Gasteiger partial charge in [-0.1, -0.05) is 91.3 Å². The van der Waals surface area contributed by atoms with Gasteiger partial charge in [-0.15, -0.1) is 0 Å². The molecule has 0 radical (unpaired) electrons. The molecule has 0 spiro atoms. The number of carbonyl (C=O) groups excluding carboxylic acids is 2. The van der Waals surface area contributed by atoms with Crippen LogP contribution in [0.3, 0.4) is 0 Å². The van der Waals surface area contributed by atoms with Crippen molar-refractivity contribution in [1.82, 2.24) is 10.6 Å². The molecule has 0 heterocycles. The molecule has 5 aromatic carbocycles. The Labute approximate surface area is 280 Å². The Morgan fingerprint density at radius 2 is 1.68 bits per heavy atom. The summed E-state index contributed by atoms with van der Waals surface area (Å²) in [5, 5.41) is 6.73. The van der Waals surface area contributed by atoms with Crippen LogP contribution in [0.4, 0.5) is 0 Å². The van der Waals surface area contributed by atoms with Crippen LogP contribution < -0.4 is 21.1 Å². The highest BCUT2D eigenvalue weighted by Gasteiger charge is 2.27. The van der Waals surface area contributed by atoms with Crippen LogP contribution in [0, 0.1) is 0 Å². The summed E-state index contributed by atoms with van der Waals surface area (Å²) in [5.74, 6) is 0.226. The van der Waals surface area contributed by atoms with Crippen molar-refractivity contribution in [3.63, 3.8) is 0 Å². The summed E-state index contributed by atoms with van der Waals surface area (Å²) in [6, 6.07) is 36.3. The largest absolute Gasteiger partial charge is 0.457 e. The van der Waals surface area contributed by atoms with Gasteiger partial charge in [0.25, 0.3) is 5.91 Å². The molecule has 5 aromatic rings. The van der Waals surface area contributed by atoms with E-state index in [4.69, 9.17) is 22.1 Å². The quantitative estimate of drug-likeness (QED) is 0.142. The fourth-order valence-electron chi connectivity index (χ4n) is 6.26. The van der Waals surface area contributed by atoms with Crippen molar-refractivity contribution < 1.29 is 14.3 Å². The van der Waals surface area contributed by atoms with E-state index < -0.39 is 11.9 Å². The van der Waals surface area contributed by atoms with Crippen LogP contribution in [0.5, 0.6) is 11.5 Å². The van der Waals surface area contributed by atoms with E-state index >= 15 is 0 Å². The maximum Gasteiger partial charge on any atom is 0.258 e. The predicted molar refractivity (Wildman–Crippen MR) is 189 cm³/mol. The number of nitrogens with two attached hydrogens (primary N) is 1. The number of hydrogen-bond donors (Lipinski definition) is 3. The molecule has 0 aromatic heterocycles. The third-order valence-electron chi connectivity index (χ3n) is 8.70. The lowest BCUT2D eigenvalue weighted by molar-refractivity contribution is -0.122. The second kappa shape index (κ2) is 14.8. The van der Waals surface area contributed by atoms with Gasteiger partial charge in [-0.3, -0.25) is 20.2 Å². The summed E-state index contributed by atoms with van der Waals surface area (Å²) < 4.78 is 6.37. The zero-order chi connectivity index (χ0) is 32.8. The van der Waals surface area contributed by atoms with Gasteiger partial charge in [0.2, 0.25) is 5.91 Å². The number of hydrogen-bond acceptors (Lipinski definition) is 5. The van der Waals surface area contributed by atoms with E-state index in [1.807, 2.05) is 85.8 Å². The van der Waals surface area contributed by atoms with E-state index in [0.717, 1.165) is 36.0 Å². The number of carbonyl (C=O) groups is 2. The predicted octanol–water partition coefficient (Wildman–Crippen LogP) is 8.63. The van der Waals surface area contributed by atoms with E-state index in [1.165, 1.54) is 11.1 Å². The summed E-state index contributed by atoms with van der Waals surface area (Å²) in [5.41, 5.74) is 12.9. The molecule has 238 valence electrons. The molecule has 0 saturated heterocycles. The molecule has 6 rings (SSSR count). The van der Waals surface area contributed by atoms with Crippen molar-refractivity contribution in [1.29, 1.82) is 0 Å². The van der Waals surface area contributed by atoms with Crippen molar-refractivity contribution in [3.8, 4) is 33.8 Å². The molecule has 7 heteroatoms. The van der Waals surface area contributed by atoms with Crippen LogP contribution in [-0.4, -0.2) is 17.9 Å². The highest BCUT2D eigenvalue weighted by atomic mass is 35.5. The number of amides is 2. The van der Waals surface area contributed by atoms with Crippen LogP contribution in [0.15, 0.2) is 115 Å². The van der Waals surface area contributed by atoms with Gasteiger partial charge in [0.1, 0.15) is 11.5 Å². The molecule has 0 bridgehead atoms. The Bertz CT molecular complexity index is 1890. The van der Waals surface area contributed by atoms with E-state index in [2.05, 4.69) is 28.8 Å². The van der Waals surface area contributed by atoms with E-state index in [0.29, 0.717) is 46.2 Å². The highest BCUT2D eigenvalue weighted by Crippen LogP contribution is 2.39. The monoisotopic (exact) mass is 643 g/mol. The zero-order valence-electron chi connectivity index (χ0n) is 26.3. The SMILES string of the molecule is CCC(NC1CCCc2ccccc21)C(=O)NC(=O)c1ccc(-c2ccccc2)cc1-c1ccc(Cl)cc1Oc1cccc(CN)c1. The van der Waals surface area contributed by atoms with Crippen LogP contribution in [0.2, 0.25) is 5.02 Å². The molecule has 6 nitrogen and oxygen atoms in total. The van der Waals surface area contributed by atoms with Crippen molar-refractivity contribution in [2.75, 3.05) is 0 Å². The molecule has 0 aliphatic heterocycles. The first-order valence-corrected chi connectivity index (χ1v) is 16.5. The number of aryl methyl sites for hydroxylation is 1. The summed E-state index contributed by atoms with van der Waals surface area (Å²) in [7, 11) is 0. The van der Waals surface area contributed by atoms with Crippen molar-refractivity contribution in [2.24, 2.45) is 5.73 Å². The number of benzene rings is 5. The Hall–Kier alpha value is -4.75. The average molecular weight is 644 g/mol. The third kappa shape index (κ3) is 7.47.